The van der Waals surface area contributed by atoms with Crippen molar-refractivity contribution in [2.45, 2.75) is 152 Å². The molecule has 0 amide bonds. The van der Waals surface area contributed by atoms with E-state index < -0.39 is 92.6 Å². The van der Waals surface area contributed by atoms with E-state index in [9.17, 15) is 79.2 Å². The molecule has 0 aromatic heterocycles. The molecule has 0 aliphatic heterocycles. The molecule has 0 heterocycles. The number of hydrogen-bond donors (Lipinski definition) is 16. The van der Waals surface area contributed by atoms with Gasteiger partial charge < -0.3 is 81.7 Å². The van der Waals surface area contributed by atoms with Crippen molar-refractivity contribution in [1.29, 1.82) is 0 Å². The summed E-state index contributed by atoms with van der Waals surface area (Å²) >= 11 is 0. The maximum atomic E-state index is 10.7. The first-order chi connectivity index (χ1) is 25.0. The summed E-state index contributed by atoms with van der Waals surface area (Å²) in [5.41, 5.74) is -21.3. The van der Waals surface area contributed by atoms with E-state index in [1.807, 2.05) is 0 Å². The number of carbonyl (C=O) groups is 8. The number of rotatable bonds is 20. The van der Waals surface area contributed by atoms with E-state index in [0.29, 0.717) is 0 Å². The molecule has 24 nitrogen and oxygen atoms in total. The molecule has 0 saturated carbocycles. The van der Waals surface area contributed by atoms with Crippen molar-refractivity contribution in [3.8, 4) is 0 Å². The van der Waals surface area contributed by atoms with Crippen LogP contribution in [0.2, 0.25) is 0 Å². The Bertz CT molecular complexity index is 1120. The normalized spacial score (nSPS) is 18.8. The Morgan fingerprint density at radius 3 is 0.310 bits per heavy atom. The predicted molar refractivity (Wildman–Crippen MR) is 183 cm³/mol. The molecule has 0 spiro atoms. The second-order valence-electron chi connectivity index (χ2n) is 12.2. The van der Waals surface area contributed by atoms with Gasteiger partial charge in [-0.2, -0.15) is 0 Å². The summed E-state index contributed by atoms with van der Waals surface area (Å²) in [6.07, 6.45) is -3.12. The molecule has 0 rings (SSSR count). The fraction of sp³-hybridized carbons (Fsp3) is 0.750. The van der Waals surface area contributed by atoms with Crippen LogP contribution in [-0.4, -0.2) is 174 Å². The van der Waals surface area contributed by atoms with Crippen LogP contribution in [0.25, 0.3) is 0 Å². The number of carboxylic acid groups (broad SMARTS) is 8. The van der Waals surface area contributed by atoms with Gasteiger partial charge in [0.2, 0.25) is 44.8 Å². The number of aliphatic carboxylic acids is 8. The van der Waals surface area contributed by atoms with Gasteiger partial charge in [-0.05, 0) is 51.4 Å². The molecule has 0 radical (unpaired) electrons. The van der Waals surface area contributed by atoms with Gasteiger partial charge in [0.15, 0.2) is 0 Å². The number of hydrogen-bond acceptors (Lipinski definition) is 16. The van der Waals surface area contributed by atoms with Crippen LogP contribution in [-0.2, 0) is 81.8 Å². The molecule has 26 heteroatoms. The minimum atomic E-state index is -2.66. The van der Waals surface area contributed by atoms with E-state index in [1.54, 1.807) is 0 Å². The van der Waals surface area contributed by atoms with Crippen LogP contribution in [0.3, 0.4) is 0 Å². The van der Waals surface area contributed by atoms with Gasteiger partial charge in [0.1, 0.15) is 0 Å². The molecule has 0 aliphatic carbocycles. The Morgan fingerprint density at radius 1 is 0.241 bits per heavy atom. The zero-order chi connectivity index (χ0) is 46.3. The minimum absolute atomic E-state index is 0. The Labute approximate surface area is 361 Å². The van der Waals surface area contributed by atoms with Gasteiger partial charge >= 0.3 is 47.8 Å². The van der Waals surface area contributed by atoms with Gasteiger partial charge in [-0.3, -0.25) is 0 Å². The van der Waals surface area contributed by atoms with Crippen LogP contribution in [0, 0.1) is 0 Å². The molecule has 0 bridgehead atoms. The summed E-state index contributed by atoms with van der Waals surface area (Å²) in [7, 11) is 0. The van der Waals surface area contributed by atoms with E-state index in [-0.39, 0.29) is 94.8 Å². The molecular formula is C32H56O24Ti2. The van der Waals surface area contributed by atoms with Gasteiger partial charge in [-0.25, -0.2) is 38.4 Å². The Morgan fingerprint density at radius 2 is 0.293 bits per heavy atom. The number of aliphatic hydroxyl groups is 8. The van der Waals surface area contributed by atoms with Crippen LogP contribution in [0.1, 0.15) is 107 Å². The van der Waals surface area contributed by atoms with Crippen molar-refractivity contribution in [3.05, 3.63) is 0 Å². The van der Waals surface area contributed by atoms with E-state index in [2.05, 4.69) is 0 Å². The van der Waals surface area contributed by atoms with Crippen molar-refractivity contribution < 1.29 is 163 Å². The van der Waals surface area contributed by atoms with Crippen LogP contribution in [0.15, 0.2) is 0 Å². The number of carboxylic acids is 8. The van der Waals surface area contributed by atoms with Gasteiger partial charge in [0, 0.05) is 43.4 Å². The predicted octanol–water partition coefficient (Wildman–Crippen LogP) is -2.25. The largest absolute Gasteiger partial charge is 0.479 e. The summed E-state index contributed by atoms with van der Waals surface area (Å²) in [4.78, 5) is 85.5. The van der Waals surface area contributed by atoms with Crippen LogP contribution in [0.4, 0.5) is 0 Å². The molecule has 8 atom stereocenters. The van der Waals surface area contributed by atoms with E-state index in [4.69, 9.17) is 40.9 Å². The monoisotopic (exact) mass is 920 g/mol. The summed E-state index contributed by atoms with van der Waals surface area (Å²) in [6.45, 7) is 10.3. The van der Waals surface area contributed by atoms with Gasteiger partial charge in [-0.15, -0.1) is 0 Å². The molecule has 0 aliphatic rings. The maximum Gasteiger partial charge on any atom is 0.339 e. The van der Waals surface area contributed by atoms with Crippen molar-refractivity contribution in [2.75, 3.05) is 0 Å². The SMILES string of the molecule is CCC(O)(C(=O)O)C(O)(CC)C(=O)O.CCC(O)(C(=O)O)C(O)(CC)C(=O)O.CCC(O)(C(=O)O)C(O)(CC)C(=O)O.CCC(O)(C(=O)O)C(O)(CC)C(=O)O.[Ti].[Ti]. The zero-order valence-corrected chi connectivity index (χ0v) is 36.2. The first-order valence-electron chi connectivity index (χ1n) is 16.7. The maximum absolute atomic E-state index is 10.7. The molecule has 0 saturated heterocycles. The molecule has 336 valence electrons. The zero-order valence-electron chi connectivity index (χ0n) is 33.1. The topological polar surface area (TPSA) is 460 Å². The van der Waals surface area contributed by atoms with Crippen LogP contribution < -0.4 is 0 Å². The fourth-order valence-electron chi connectivity index (χ4n) is 4.96. The summed E-state index contributed by atoms with van der Waals surface area (Å²) in [5.74, 6) is -14.0. The Kier molecular flexibility index (Phi) is 29.3. The quantitative estimate of drug-likeness (QED) is 0.0573. The molecule has 58 heavy (non-hydrogen) atoms. The second-order valence-corrected chi connectivity index (χ2v) is 12.2. The van der Waals surface area contributed by atoms with Crippen LogP contribution >= 0.6 is 0 Å². The van der Waals surface area contributed by atoms with Crippen LogP contribution in [0.5, 0.6) is 0 Å². The van der Waals surface area contributed by atoms with Crippen molar-refractivity contribution in [3.63, 3.8) is 0 Å². The summed E-state index contributed by atoms with van der Waals surface area (Å²) in [5, 5.41) is 146. The van der Waals surface area contributed by atoms with Gasteiger partial charge in [0.05, 0.1) is 0 Å². The third kappa shape index (κ3) is 12.9. The average molecular weight is 921 g/mol. The first-order valence-corrected chi connectivity index (χ1v) is 16.7. The van der Waals surface area contributed by atoms with E-state index in [0.717, 1.165) is 0 Å². The molecule has 0 aromatic carbocycles. The molecule has 8 unspecified atom stereocenters. The molecular weight excluding hydrogens is 864 g/mol. The van der Waals surface area contributed by atoms with Crippen molar-refractivity contribution in [2.24, 2.45) is 0 Å². The average Bonchev–Trinajstić information content (AvgIpc) is 3.14. The fourth-order valence-corrected chi connectivity index (χ4v) is 4.96. The van der Waals surface area contributed by atoms with Crippen molar-refractivity contribution in [1.82, 2.24) is 0 Å². The summed E-state index contributed by atoms with van der Waals surface area (Å²) < 4.78 is 0. The smallest absolute Gasteiger partial charge is 0.339 e. The van der Waals surface area contributed by atoms with Crippen molar-refractivity contribution >= 4 is 47.8 Å². The third-order valence-electron chi connectivity index (χ3n) is 9.66. The molecule has 16 N–H and O–H groups in total. The van der Waals surface area contributed by atoms with Gasteiger partial charge in [0.25, 0.3) is 0 Å². The first kappa shape index (κ1) is 66.7. The Balaban J connectivity index is -0.000000154. The minimum Gasteiger partial charge on any atom is -0.479 e. The van der Waals surface area contributed by atoms with Gasteiger partial charge in [-0.1, -0.05) is 55.4 Å². The Hall–Kier alpha value is -3.13. The second kappa shape index (κ2) is 25.5. The molecule has 0 fully saturated rings. The standard InChI is InChI=1S/4C8H14O6.2Ti/c4*1-3-7(13,5(9)10)8(14,4-2)6(11)12;;/h4*13-14H,3-4H2,1-2H3,(H,9,10)(H,11,12);;. The summed E-state index contributed by atoms with van der Waals surface area (Å²) in [6, 6.07) is 0. The van der Waals surface area contributed by atoms with E-state index in [1.165, 1.54) is 55.4 Å². The van der Waals surface area contributed by atoms with E-state index >= 15 is 0 Å². The third-order valence-corrected chi connectivity index (χ3v) is 9.66. The molecule has 0 aromatic rings.